The van der Waals surface area contributed by atoms with Crippen LogP contribution in [-0.4, -0.2) is 31.1 Å². The maximum absolute atomic E-state index is 13.2. The van der Waals surface area contributed by atoms with E-state index < -0.39 is 11.7 Å². The highest BCUT2D eigenvalue weighted by Crippen LogP contribution is 2.37. The van der Waals surface area contributed by atoms with Crippen molar-refractivity contribution in [2.75, 3.05) is 26.2 Å². The predicted octanol–water partition coefficient (Wildman–Crippen LogP) is 4.30. The quantitative estimate of drug-likeness (QED) is 0.863. The molecule has 1 fully saturated rings. The lowest BCUT2D eigenvalue weighted by Gasteiger charge is -2.36. The zero-order valence-electron chi connectivity index (χ0n) is 12.5. The molecule has 0 amide bonds. The van der Waals surface area contributed by atoms with Gasteiger partial charge in [0, 0.05) is 32.2 Å². The summed E-state index contributed by atoms with van der Waals surface area (Å²) in [5, 5.41) is 3.24. The summed E-state index contributed by atoms with van der Waals surface area (Å²) in [4.78, 5) is 2.17. The highest BCUT2D eigenvalue weighted by molar-refractivity contribution is 5.85. The molecule has 1 N–H and O–H groups in total. The largest absolute Gasteiger partial charge is 0.416 e. The lowest BCUT2D eigenvalue weighted by Crippen LogP contribution is -2.45. The summed E-state index contributed by atoms with van der Waals surface area (Å²) < 4.78 is 39.6. The summed E-state index contributed by atoms with van der Waals surface area (Å²) in [6.07, 6.45) is -2.65. The van der Waals surface area contributed by atoms with Gasteiger partial charge in [0.25, 0.3) is 0 Å². The molecule has 2 nitrogen and oxygen atoms in total. The number of nitrogens with zero attached hydrogens (tertiary/aromatic N) is 1. The van der Waals surface area contributed by atoms with Crippen LogP contribution >= 0.6 is 24.8 Å². The first-order chi connectivity index (χ1) is 9.54. The fourth-order valence-electron chi connectivity index (χ4n) is 2.85. The van der Waals surface area contributed by atoms with Crippen LogP contribution in [0.15, 0.2) is 24.3 Å². The van der Waals surface area contributed by atoms with Crippen molar-refractivity contribution in [2.24, 2.45) is 0 Å². The highest BCUT2D eigenvalue weighted by atomic mass is 35.5. The predicted molar refractivity (Wildman–Crippen MR) is 88.0 cm³/mol. The zero-order valence-corrected chi connectivity index (χ0v) is 14.2. The maximum atomic E-state index is 13.2. The van der Waals surface area contributed by atoms with Crippen molar-refractivity contribution in [3.8, 4) is 0 Å². The van der Waals surface area contributed by atoms with E-state index >= 15 is 0 Å². The highest BCUT2D eigenvalue weighted by Gasteiger charge is 2.36. The maximum Gasteiger partial charge on any atom is 0.416 e. The Hall–Kier alpha value is -0.490. The van der Waals surface area contributed by atoms with Crippen molar-refractivity contribution in [3.05, 3.63) is 35.4 Å². The van der Waals surface area contributed by atoms with E-state index in [9.17, 15) is 13.2 Å². The van der Waals surface area contributed by atoms with Gasteiger partial charge in [-0.2, -0.15) is 13.2 Å². The van der Waals surface area contributed by atoms with Crippen molar-refractivity contribution < 1.29 is 13.2 Å². The Morgan fingerprint density at radius 1 is 1.14 bits per heavy atom. The monoisotopic (exact) mass is 358 g/mol. The first-order valence-corrected chi connectivity index (χ1v) is 7.15. The first-order valence-electron chi connectivity index (χ1n) is 7.15. The number of alkyl halides is 3. The van der Waals surface area contributed by atoms with Crippen LogP contribution in [0.1, 0.15) is 36.9 Å². The van der Waals surface area contributed by atoms with E-state index in [0.29, 0.717) is 5.56 Å². The van der Waals surface area contributed by atoms with Crippen LogP contribution in [0.2, 0.25) is 0 Å². The van der Waals surface area contributed by atoms with Crippen LogP contribution in [0.25, 0.3) is 0 Å². The van der Waals surface area contributed by atoms with Gasteiger partial charge in [-0.25, -0.2) is 0 Å². The molecule has 0 bridgehead atoms. The van der Waals surface area contributed by atoms with E-state index in [1.807, 2.05) is 6.92 Å². The number of nitrogens with one attached hydrogen (secondary N) is 1. The van der Waals surface area contributed by atoms with Gasteiger partial charge >= 0.3 is 6.18 Å². The average Bonchev–Trinajstić information content (AvgIpc) is 2.45. The molecule has 128 valence electrons. The first kappa shape index (κ1) is 21.5. The fraction of sp³-hybridized carbons (Fsp3) is 0.600. The van der Waals surface area contributed by atoms with Gasteiger partial charge in [0.1, 0.15) is 0 Å². The zero-order chi connectivity index (χ0) is 14.6. The molecule has 0 aliphatic carbocycles. The van der Waals surface area contributed by atoms with E-state index in [0.717, 1.165) is 39.0 Å². The number of piperazine rings is 1. The standard InChI is InChI=1S/C15H21F3N2.2ClH/c1-2-5-14(20-10-8-19-9-11-20)12-6-3-4-7-13(12)15(16,17)18;;/h3-4,6-7,14,19H,2,5,8-11H2,1H3;2*1H/t14-;;/m1../s1. The van der Waals surface area contributed by atoms with Gasteiger partial charge in [0.15, 0.2) is 0 Å². The molecular formula is C15H23Cl2F3N2. The lowest BCUT2D eigenvalue weighted by atomic mass is 9.94. The molecule has 0 radical (unpaired) electrons. The molecule has 0 saturated carbocycles. The minimum absolute atomic E-state index is 0. The molecule has 1 aliphatic heterocycles. The topological polar surface area (TPSA) is 15.3 Å². The van der Waals surface area contributed by atoms with Crippen LogP contribution in [-0.2, 0) is 6.18 Å². The Morgan fingerprint density at radius 2 is 1.73 bits per heavy atom. The SMILES string of the molecule is CCC[C@H](c1ccccc1C(F)(F)F)N1CCNCC1.Cl.Cl. The third kappa shape index (κ3) is 5.30. The summed E-state index contributed by atoms with van der Waals surface area (Å²) in [7, 11) is 0. The van der Waals surface area contributed by atoms with Crippen molar-refractivity contribution in [1.82, 2.24) is 10.2 Å². The number of hydrogen-bond donors (Lipinski definition) is 1. The van der Waals surface area contributed by atoms with Crippen molar-refractivity contribution in [3.63, 3.8) is 0 Å². The van der Waals surface area contributed by atoms with Gasteiger partial charge in [-0.1, -0.05) is 31.5 Å². The smallest absolute Gasteiger partial charge is 0.314 e. The van der Waals surface area contributed by atoms with Crippen LogP contribution < -0.4 is 5.32 Å². The number of halogens is 5. The molecule has 1 aromatic rings. The normalized spacial score (nSPS) is 17.3. The van der Waals surface area contributed by atoms with Crippen LogP contribution in [0.4, 0.5) is 13.2 Å². The van der Waals surface area contributed by atoms with Crippen molar-refractivity contribution in [1.29, 1.82) is 0 Å². The second-order valence-corrected chi connectivity index (χ2v) is 5.18. The van der Waals surface area contributed by atoms with E-state index in [2.05, 4.69) is 10.2 Å². The van der Waals surface area contributed by atoms with E-state index in [-0.39, 0.29) is 30.9 Å². The number of hydrogen-bond acceptors (Lipinski definition) is 2. The van der Waals surface area contributed by atoms with Crippen LogP contribution in [0.5, 0.6) is 0 Å². The summed E-state index contributed by atoms with van der Waals surface area (Å²) in [6, 6.07) is 5.85. The minimum Gasteiger partial charge on any atom is -0.314 e. The molecular weight excluding hydrogens is 336 g/mol. The third-order valence-corrected chi connectivity index (χ3v) is 3.78. The molecule has 1 aromatic carbocycles. The molecule has 1 aliphatic rings. The number of rotatable bonds is 4. The summed E-state index contributed by atoms with van der Waals surface area (Å²) in [6.45, 7) is 5.31. The molecule has 1 saturated heterocycles. The van der Waals surface area contributed by atoms with Gasteiger partial charge in [-0.3, -0.25) is 4.90 Å². The molecule has 0 spiro atoms. The second-order valence-electron chi connectivity index (χ2n) is 5.18. The van der Waals surface area contributed by atoms with E-state index in [4.69, 9.17) is 0 Å². The van der Waals surface area contributed by atoms with Gasteiger partial charge in [-0.05, 0) is 18.1 Å². The molecule has 1 atom stereocenters. The lowest BCUT2D eigenvalue weighted by molar-refractivity contribution is -0.138. The molecule has 0 unspecified atom stereocenters. The molecule has 1 heterocycles. The minimum atomic E-state index is -4.28. The van der Waals surface area contributed by atoms with Crippen LogP contribution in [0.3, 0.4) is 0 Å². The van der Waals surface area contributed by atoms with Crippen molar-refractivity contribution >= 4 is 24.8 Å². The Labute approximate surface area is 142 Å². The fourth-order valence-corrected chi connectivity index (χ4v) is 2.85. The van der Waals surface area contributed by atoms with E-state index in [1.165, 1.54) is 12.1 Å². The molecule has 2 rings (SSSR count). The molecule has 22 heavy (non-hydrogen) atoms. The number of benzene rings is 1. The van der Waals surface area contributed by atoms with Gasteiger partial charge < -0.3 is 5.32 Å². The summed E-state index contributed by atoms with van der Waals surface area (Å²) in [5.74, 6) is 0. The average molecular weight is 359 g/mol. The Kier molecular flexibility index (Phi) is 9.39. The van der Waals surface area contributed by atoms with Crippen LogP contribution in [0, 0.1) is 0 Å². The summed E-state index contributed by atoms with van der Waals surface area (Å²) in [5.41, 5.74) is -0.0688. The van der Waals surface area contributed by atoms with Gasteiger partial charge in [-0.15, -0.1) is 24.8 Å². The van der Waals surface area contributed by atoms with Crippen molar-refractivity contribution in [2.45, 2.75) is 32.0 Å². The molecule has 7 heteroatoms. The van der Waals surface area contributed by atoms with Gasteiger partial charge in [0.05, 0.1) is 5.56 Å². The molecule has 0 aromatic heterocycles. The Balaban J connectivity index is 0.00000220. The van der Waals surface area contributed by atoms with E-state index in [1.54, 1.807) is 12.1 Å². The summed E-state index contributed by atoms with van der Waals surface area (Å²) >= 11 is 0. The Bertz CT molecular complexity index is 435. The Morgan fingerprint density at radius 3 is 2.27 bits per heavy atom. The third-order valence-electron chi connectivity index (χ3n) is 3.78. The second kappa shape index (κ2) is 9.60. The van der Waals surface area contributed by atoms with Gasteiger partial charge in [0.2, 0.25) is 0 Å².